The molecular formula is C28H22F2N4O3S. The van der Waals surface area contributed by atoms with E-state index in [1.165, 1.54) is 12.1 Å². The molecule has 0 saturated carbocycles. The Balaban J connectivity index is 1.49. The smallest absolute Gasteiger partial charge is 0.265 e. The summed E-state index contributed by atoms with van der Waals surface area (Å²) in [7, 11) is -3.64. The normalized spacial score (nSPS) is 14.1. The molecule has 0 radical (unpaired) electrons. The number of aromatic nitrogens is 2. The van der Waals surface area contributed by atoms with E-state index in [2.05, 4.69) is 32.4 Å². The van der Waals surface area contributed by atoms with Crippen LogP contribution in [0, 0.1) is 11.8 Å². The lowest BCUT2D eigenvalue weighted by molar-refractivity contribution is -0.119. The average Bonchev–Trinajstić information content (AvgIpc) is 3.09. The first kappa shape index (κ1) is 25.3. The standard InChI is InChI=1S/C28H22F2N4O3S/c1-28(2)21-7-4-16(12-24(21)34-27(28)35)5-8-22-19-14-25(32-15-17(19)10-11-31-22)33-23-9-6-18(38(3,36)37)13-20(23)26(29)30/h4,6-7,9-15,26H,1-3H3,(H,32,33)(H,34,35). The summed E-state index contributed by atoms with van der Waals surface area (Å²) < 4.78 is 51.1. The van der Waals surface area contributed by atoms with Crippen LogP contribution in [0.2, 0.25) is 0 Å². The molecule has 10 heteroatoms. The van der Waals surface area contributed by atoms with Crippen LogP contribution < -0.4 is 10.6 Å². The topological polar surface area (TPSA) is 101 Å². The lowest BCUT2D eigenvalue weighted by atomic mass is 9.86. The molecule has 3 heterocycles. The maximum atomic E-state index is 13.7. The van der Waals surface area contributed by atoms with Gasteiger partial charge in [-0.15, -0.1) is 0 Å². The highest BCUT2D eigenvalue weighted by molar-refractivity contribution is 7.90. The fourth-order valence-electron chi connectivity index (χ4n) is 4.24. The number of fused-ring (bicyclic) bond motifs is 2. The van der Waals surface area contributed by atoms with Crippen molar-refractivity contribution in [2.24, 2.45) is 0 Å². The number of amides is 1. The molecule has 192 valence electrons. The van der Waals surface area contributed by atoms with Crippen molar-refractivity contribution in [3.8, 4) is 11.8 Å². The molecule has 5 rings (SSSR count). The van der Waals surface area contributed by atoms with Crippen molar-refractivity contribution in [2.75, 3.05) is 16.9 Å². The van der Waals surface area contributed by atoms with Crippen molar-refractivity contribution >= 4 is 43.7 Å². The lowest BCUT2D eigenvalue weighted by Crippen LogP contribution is -2.26. The highest BCUT2D eigenvalue weighted by atomic mass is 32.2. The monoisotopic (exact) mass is 532 g/mol. The Bertz CT molecular complexity index is 1790. The number of nitrogens with one attached hydrogen (secondary N) is 2. The molecule has 7 nitrogen and oxygen atoms in total. The summed E-state index contributed by atoms with van der Waals surface area (Å²) in [5.41, 5.74) is 1.77. The fraction of sp³-hybridized carbons (Fsp3) is 0.179. The number of hydrogen-bond donors (Lipinski definition) is 2. The van der Waals surface area contributed by atoms with Gasteiger partial charge in [-0.2, -0.15) is 0 Å². The first-order valence-electron chi connectivity index (χ1n) is 11.6. The Kier molecular flexibility index (Phi) is 6.12. The summed E-state index contributed by atoms with van der Waals surface area (Å²) in [6.07, 6.45) is 1.24. The van der Waals surface area contributed by atoms with Gasteiger partial charge < -0.3 is 10.6 Å². The molecule has 0 bridgehead atoms. The second kappa shape index (κ2) is 9.19. The van der Waals surface area contributed by atoms with Crippen LogP contribution in [0.25, 0.3) is 10.8 Å². The Morgan fingerprint density at radius 2 is 1.82 bits per heavy atom. The van der Waals surface area contributed by atoms with Gasteiger partial charge in [0, 0.05) is 51.9 Å². The highest BCUT2D eigenvalue weighted by Crippen LogP contribution is 2.37. The minimum atomic E-state index is -3.64. The van der Waals surface area contributed by atoms with Crippen LogP contribution in [-0.2, 0) is 20.0 Å². The molecule has 2 N–H and O–H groups in total. The van der Waals surface area contributed by atoms with Gasteiger partial charge in [0.25, 0.3) is 6.43 Å². The van der Waals surface area contributed by atoms with Crippen LogP contribution in [0.1, 0.15) is 42.7 Å². The molecule has 38 heavy (non-hydrogen) atoms. The number of benzene rings is 2. The van der Waals surface area contributed by atoms with Crippen molar-refractivity contribution in [3.05, 3.63) is 83.3 Å². The molecule has 0 atom stereocenters. The van der Waals surface area contributed by atoms with Crippen LogP contribution in [0.5, 0.6) is 0 Å². The second-order valence-corrected chi connectivity index (χ2v) is 11.5. The Hall–Kier alpha value is -4.36. The van der Waals surface area contributed by atoms with Gasteiger partial charge >= 0.3 is 0 Å². The number of carbonyl (C=O) groups excluding carboxylic acids is 1. The number of halogens is 2. The maximum Gasteiger partial charge on any atom is 0.265 e. The van der Waals surface area contributed by atoms with Crippen LogP contribution in [0.4, 0.5) is 26.0 Å². The van der Waals surface area contributed by atoms with Crippen LogP contribution in [0.15, 0.2) is 65.8 Å². The fourth-order valence-corrected chi connectivity index (χ4v) is 4.90. The number of pyridine rings is 2. The average molecular weight is 533 g/mol. The van der Waals surface area contributed by atoms with Gasteiger partial charge in [0.05, 0.1) is 10.3 Å². The maximum absolute atomic E-state index is 13.7. The summed E-state index contributed by atoms with van der Waals surface area (Å²) in [6.45, 7) is 3.73. The minimum absolute atomic E-state index is 0.0406. The molecular weight excluding hydrogens is 510 g/mol. The Morgan fingerprint density at radius 3 is 2.55 bits per heavy atom. The third-order valence-corrected chi connectivity index (χ3v) is 7.54. The summed E-state index contributed by atoms with van der Waals surface area (Å²) in [6, 6.07) is 12.5. The van der Waals surface area contributed by atoms with Crippen molar-refractivity contribution in [3.63, 3.8) is 0 Å². The summed E-state index contributed by atoms with van der Waals surface area (Å²) in [5.74, 6) is 6.33. The van der Waals surface area contributed by atoms with Crippen molar-refractivity contribution in [2.45, 2.75) is 30.6 Å². The number of nitrogens with zero attached hydrogens (tertiary/aromatic N) is 2. The van der Waals surface area contributed by atoms with Crippen LogP contribution in [-0.4, -0.2) is 30.5 Å². The van der Waals surface area contributed by atoms with Crippen molar-refractivity contribution in [1.82, 2.24) is 9.97 Å². The van der Waals surface area contributed by atoms with Crippen LogP contribution in [0.3, 0.4) is 0 Å². The third kappa shape index (κ3) is 4.68. The van der Waals surface area contributed by atoms with E-state index in [1.807, 2.05) is 32.0 Å². The van der Waals surface area contributed by atoms with Gasteiger partial charge in [0.1, 0.15) is 11.5 Å². The SMILES string of the molecule is CC1(C)C(=O)Nc2cc(C#Cc3nccc4cnc(Nc5ccc(S(C)(=O)=O)cc5C(F)F)cc34)ccc21. The summed E-state index contributed by atoms with van der Waals surface area (Å²) >= 11 is 0. The lowest BCUT2D eigenvalue weighted by Gasteiger charge is -2.14. The molecule has 0 unspecified atom stereocenters. The first-order chi connectivity index (χ1) is 17.9. The minimum Gasteiger partial charge on any atom is -0.340 e. The van der Waals surface area contributed by atoms with E-state index in [4.69, 9.17) is 0 Å². The molecule has 0 saturated heterocycles. The van der Waals surface area contributed by atoms with Crippen molar-refractivity contribution in [1.29, 1.82) is 0 Å². The number of alkyl halides is 2. The van der Waals surface area contributed by atoms with E-state index in [9.17, 15) is 22.0 Å². The Labute approximate surface area is 218 Å². The zero-order chi connectivity index (χ0) is 27.2. The first-order valence-corrected chi connectivity index (χ1v) is 13.4. The van der Waals surface area contributed by atoms with E-state index in [1.54, 1.807) is 24.5 Å². The number of carbonyl (C=O) groups is 1. The van der Waals surface area contributed by atoms with Gasteiger partial charge in [0.15, 0.2) is 9.84 Å². The van der Waals surface area contributed by atoms with E-state index >= 15 is 0 Å². The predicted molar refractivity (Wildman–Crippen MR) is 141 cm³/mol. The molecule has 2 aromatic heterocycles. The zero-order valence-electron chi connectivity index (χ0n) is 20.6. The number of sulfone groups is 1. The van der Waals surface area contributed by atoms with Gasteiger partial charge in [0.2, 0.25) is 5.91 Å². The van der Waals surface area contributed by atoms with Gasteiger partial charge in [-0.05, 0) is 67.8 Å². The highest BCUT2D eigenvalue weighted by Gasteiger charge is 2.38. The quantitative estimate of drug-likeness (QED) is 0.344. The van der Waals surface area contributed by atoms with Gasteiger partial charge in [-0.1, -0.05) is 12.0 Å². The molecule has 1 aliphatic heterocycles. The molecule has 1 amide bonds. The van der Waals surface area contributed by atoms with Gasteiger partial charge in [-0.3, -0.25) is 4.79 Å². The van der Waals surface area contributed by atoms with E-state index in [-0.39, 0.29) is 22.3 Å². The molecule has 0 aliphatic carbocycles. The number of rotatable bonds is 4. The van der Waals surface area contributed by atoms with E-state index in [0.29, 0.717) is 16.6 Å². The summed E-state index contributed by atoms with van der Waals surface area (Å²) in [5, 5.41) is 7.15. The zero-order valence-corrected chi connectivity index (χ0v) is 21.5. The summed E-state index contributed by atoms with van der Waals surface area (Å²) in [4.78, 5) is 20.7. The molecule has 0 fully saturated rings. The molecule has 0 spiro atoms. The van der Waals surface area contributed by atoms with Crippen LogP contribution >= 0.6 is 0 Å². The van der Waals surface area contributed by atoms with E-state index in [0.717, 1.165) is 29.0 Å². The number of anilines is 3. The Morgan fingerprint density at radius 1 is 1.03 bits per heavy atom. The third-order valence-electron chi connectivity index (χ3n) is 6.43. The second-order valence-electron chi connectivity index (χ2n) is 9.49. The molecule has 1 aliphatic rings. The molecule has 2 aromatic carbocycles. The van der Waals surface area contributed by atoms with Gasteiger partial charge in [-0.25, -0.2) is 27.2 Å². The predicted octanol–water partition coefficient (Wildman–Crippen LogP) is 5.34. The largest absolute Gasteiger partial charge is 0.340 e. The van der Waals surface area contributed by atoms with Crippen molar-refractivity contribution < 1.29 is 22.0 Å². The molecule has 4 aromatic rings. The number of hydrogen-bond acceptors (Lipinski definition) is 6. The van der Waals surface area contributed by atoms with E-state index < -0.39 is 27.2 Å².